The molecule has 31 heavy (non-hydrogen) atoms. The maximum absolute atomic E-state index is 13.3. The fraction of sp³-hybridized carbons (Fsp3) is 0.200. The summed E-state index contributed by atoms with van der Waals surface area (Å²) in [5, 5.41) is 3.40. The van der Waals surface area contributed by atoms with Gasteiger partial charge in [0.25, 0.3) is 5.91 Å². The minimum atomic E-state index is -0.334. The van der Waals surface area contributed by atoms with Crippen molar-refractivity contribution in [2.24, 2.45) is 0 Å². The number of halogens is 2. The van der Waals surface area contributed by atoms with Crippen molar-refractivity contribution in [2.75, 3.05) is 11.4 Å². The third-order valence-electron chi connectivity index (χ3n) is 4.75. The van der Waals surface area contributed by atoms with Crippen LogP contribution in [0.4, 0.5) is 10.1 Å². The Balaban J connectivity index is 1.90. The number of nitrogens with one attached hydrogen (secondary N) is 1. The van der Waals surface area contributed by atoms with Crippen molar-refractivity contribution >= 4 is 29.1 Å². The number of carbonyl (C=O) groups excluding carboxylic acids is 2. The van der Waals surface area contributed by atoms with Crippen molar-refractivity contribution in [3.63, 3.8) is 0 Å². The SMILES string of the molecule is CCCNC(=O)Cc1cccc(N(Cc2ccc(F)cc2)C(=O)c2ccc(Cl)cc2)c1. The lowest BCUT2D eigenvalue weighted by atomic mass is 10.1. The van der Waals surface area contributed by atoms with E-state index in [-0.39, 0.29) is 30.6 Å². The van der Waals surface area contributed by atoms with Crippen LogP contribution < -0.4 is 10.2 Å². The Bertz CT molecular complexity index is 1040. The van der Waals surface area contributed by atoms with E-state index in [2.05, 4.69) is 5.32 Å². The van der Waals surface area contributed by atoms with Gasteiger partial charge in [0.2, 0.25) is 5.91 Å². The van der Waals surface area contributed by atoms with Gasteiger partial charge in [0.15, 0.2) is 0 Å². The van der Waals surface area contributed by atoms with E-state index in [9.17, 15) is 14.0 Å². The molecule has 0 radical (unpaired) electrons. The van der Waals surface area contributed by atoms with Gasteiger partial charge in [-0.15, -0.1) is 0 Å². The number of benzene rings is 3. The molecular weight excluding hydrogens is 415 g/mol. The van der Waals surface area contributed by atoms with Crippen LogP contribution in [0.3, 0.4) is 0 Å². The highest BCUT2D eigenvalue weighted by atomic mass is 35.5. The Morgan fingerprint density at radius 3 is 2.35 bits per heavy atom. The third kappa shape index (κ3) is 6.40. The Morgan fingerprint density at radius 1 is 0.968 bits per heavy atom. The summed E-state index contributed by atoms with van der Waals surface area (Å²) >= 11 is 5.96. The van der Waals surface area contributed by atoms with E-state index in [1.807, 2.05) is 31.2 Å². The number of hydrogen-bond donors (Lipinski definition) is 1. The topological polar surface area (TPSA) is 49.4 Å². The van der Waals surface area contributed by atoms with E-state index in [1.54, 1.807) is 41.3 Å². The van der Waals surface area contributed by atoms with Gasteiger partial charge in [-0.25, -0.2) is 4.39 Å². The fourth-order valence-corrected chi connectivity index (χ4v) is 3.27. The zero-order valence-electron chi connectivity index (χ0n) is 17.3. The van der Waals surface area contributed by atoms with E-state index >= 15 is 0 Å². The van der Waals surface area contributed by atoms with Gasteiger partial charge in [-0.3, -0.25) is 9.59 Å². The van der Waals surface area contributed by atoms with Crippen LogP contribution in [0.15, 0.2) is 72.8 Å². The molecule has 1 N–H and O–H groups in total. The number of nitrogens with zero attached hydrogens (tertiary/aromatic N) is 1. The van der Waals surface area contributed by atoms with Gasteiger partial charge < -0.3 is 10.2 Å². The molecule has 3 rings (SSSR count). The number of hydrogen-bond acceptors (Lipinski definition) is 2. The Labute approximate surface area is 186 Å². The van der Waals surface area contributed by atoms with Gasteiger partial charge in [-0.05, 0) is 66.1 Å². The molecule has 0 unspecified atom stereocenters. The second kappa shape index (κ2) is 10.7. The first-order chi connectivity index (χ1) is 15.0. The first-order valence-electron chi connectivity index (χ1n) is 10.1. The van der Waals surface area contributed by atoms with Gasteiger partial charge in [-0.1, -0.05) is 42.8 Å². The Morgan fingerprint density at radius 2 is 1.68 bits per heavy atom. The van der Waals surface area contributed by atoms with Crippen molar-refractivity contribution in [3.8, 4) is 0 Å². The minimum Gasteiger partial charge on any atom is -0.356 e. The highest BCUT2D eigenvalue weighted by Gasteiger charge is 2.19. The lowest BCUT2D eigenvalue weighted by molar-refractivity contribution is -0.120. The summed E-state index contributed by atoms with van der Waals surface area (Å²) in [7, 11) is 0. The summed E-state index contributed by atoms with van der Waals surface area (Å²) in [6.07, 6.45) is 1.10. The quantitative estimate of drug-likeness (QED) is 0.512. The lowest BCUT2D eigenvalue weighted by Crippen LogP contribution is -2.30. The molecule has 0 saturated heterocycles. The Hall–Kier alpha value is -3.18. The van der Waals surface area contributed by atoms with Crippen LogP contribution in [0.5, 0.6) is 0 Å². The standard InChI is InChI=1S/C25H24ClFN2O2/c1-2-14-28-24(30)16-19-4-3-5-23(15-19)29(17-18-6-12-22(27)13-7-18)25(31)20-8-10-21(26)11-9-20/h3-13,15H,2,14,16-17H2,1H3,(H,28,30). The molecule has 2 amide bonds. The second-order valence-corrected chi connectivity index (χ2v) is 7.66. The normalized spacial score (nSPS) is 10.5. The molecule has 0 aliphatic heterocycles. The van der Waals surface area contributed by atoms with Gasteiger partial charge >= 0.3 is 0 Å². The van der Waals surface area contributed by atoms with Crippen molar-refractivity contribution < 1.29 is 14.0 Å². The van der Waals surface area contributed by atoms with Crippen molar-refractivity contribution in [1.29, 1.82) is 0 Å². The van der Waals surface area contributed by atoms with E-state index in [4.69, 9.17) is 11.6 Å². The Kier molecular flexibility index (Phi) is 7.79. The van der Waals surface area contributed by atoms with E-state index in [0.29, 0.717) is 22.8 Å². The molecule has 0 aliphatic carbocycles. The molecule has 0 fully saturated rings. The van der Waals surface area contributed by atoms with Crippen LogP contribution in [-0.4, -0.2) is 18.4 Å². The number of carbonyl (C=O) groups is 2. The molecule has 160 valence electrons. The van der Waals surface area contributed by atoms with Crippen LogP contribution in [0, 0.1) is 5.82 Å². The first-order valence-corrected chi connectivity index (χ1v) is 10.5. The first kappa shape index (κ1) is 22.5. The molecule has 0 atom stereocenters. The van der Waals surface area contributed by atoms with Gasteiger partial charge in [-0.2, -0.15) is 0 Å². The molecule has 0 heterocycles. The van der Waals surface area contributed by atoms with Gasteiger partial charge in [0, 0.05) is 22.8 Å². The smallest absolute Gasteiger partial charge is 0.258 e. The van der Waals surface area contributed by atoms with Crippen molar-refractivity contribution in [1.82, 2.24) is 5.32 Å². The molecule has 3 aromatic carbocycles. The summed E-state index contributed by atoms with van der Waals surface area (Å²) in [5.74, 6) is -0.610. The molecule has 4 nitrogen and oxygen atoms in total. The molecule has 0 spiro atoms. The van der Waals surface area contributed by atoms with E-state index < -0.39 is 0 Å². The van der Waals surface area contributed by atoms with Crippen LogP contribution >= 0.6 is 11.6 Å². The predicted octanol–water partition coefficient (Wildman–Crippen LogP) is 5.39. The summed E-state index contributed by atoms with van der Waals surface area (Å²) in [6.45, 7) is 2.88. The predicted molar refractivity (Wildman–Crippen MR) is 122 cm³/mol. The fourth-order valence-electron chi connectivity index (χ4n) is 3.15. The lowest BCUT2D eigenvalue weighted by Gasteiger charge is -2.24. The van der Waals surface area contributed by atoms with Crippen LogP contribution in [0.25, 0.3) is 0 Å². The largest absolute Gasteiger partial charge is 0.356 e. The summed E-state index contributed by atoms with van der Waals surface area (Å²) in [6, 6.07) is 20.1. The summed E-state index contributed by atoms with van der Waals surface area (Å²) < 4.78 is 13.3. The molecule has 3 aromatic rings. The summed E-state index contributed by atoms with van der Waals surface area (Å²) in [4.78, 5) is 27.1. The summed E-state index contributed by atoms with van der Waals surface area (Å²) in [5.41, 5.74) is 2.73. The van der Waals surface area contributed by atoms with Crippen molar-refractivity contribution in [2.45, 2.75) is 26.3 Å². The molecule has 0 aromatic heterocycles. The van der Waals surface area contributed by atoms with Crippen LogP contribution in [-0.2, 0) is 17.8 Å². The minimum absolute atomic E-state index is 0.0619. The van der Waals surface area contributed by atoms with Gasteiger partial charge in [0.1, 0.15) is 5.82 Å². The van der Waals surface area contributed by atoms with Crippen LogP contribution in [0.1, 0.15) is 34.8 Å². The highest BCUT2D eigenvalue weighted by Crippen LogP contribution is 2.23. The zero-order chi connectivity index (χ0) is 22.2. The molecule has 0 bridgehead atoms. The van der Waals surface area contributed by atoms with Gasteiger partial charge in [0.05, 0.1) is 13.0 Å². The third-order valence-corrected chi connectivity index (χ3v) is 5.00. The average molecular weight is 439 g/mol. The molecular formula is C25H24ClFN2O2. The second-order valence-electron chi connectivity index (χ2n) is 7.22. The molecule has 6 heteroatoms. The van der Waals surface area contributed by atoms with Crippen molar-refractivity contribution in [3.05, 3.63) is 100 Å². The maximum Gasteiger partial charge on any atom is 0.258 e. The van der Waals surface area contributed by atoms with Crippen LogP contribution in [0.2, 0.25) is 5.02 Å². The van der Waals surface area contributed by atoms with E-state index in [0.717, 1.165) is 17.5 Å². The number of rotatable bonds is 8. The number of amides is 2. The maximum atomic E-state index is 13.3. The zero-order valence-corrected chi connectivity index (χ0v) is 18.0. The highest BCUT2D eigenvalue weighted by molar-refractivity contribution is 6.30. The number of anilines is 1. The molecule has 0 aliphatic rings. The monoisotopic (exact) mass is 438 g/mol. The average Bonchev–Trinajstić information content (AvgIpc) is 2.77. The van der Waals surface area contributed by atoms with E-state index in [1.165, 1.54) is 12.1 Å². The molecule has 0 saturated carbocycles.